The van der Waals surface area contributed by atoms with Crippen molar-refractivity contribution in [3.05, 3.63) is 27.1 Å². The van der Waals surface area contributed by atoms with Crippen LogP contribution in [-0.4, -0.2) is 64.6 Å². The van der Waals surface area contributed by atoms with Gasteiger partial charge in [0.05, 0.1) is 19.0 Å². The van der Waals surface area contributed by atoms with Gasteiger partial charge in [-0.2, -0.15) is 13.6 Å². The number of hydrogen-bond acceptors (Lipinski definition) is 13. The lowest BCUT2D eigenvalue weighted by Crippen LogP contribution is -2.29. The van der Waals surface area contributed by atoms with E-state index in [0.717, 1.165) is 0 Å². The number of rotatable bonds is 11. The molecule has 194 valence electrons. The van der Waals surface area contributed by atoms with Crippen LogP contribution in [0, 0.1) is 0 Å². The summed E-state index contributed by atoms with van der Waals surface area (Å²) in [6.45, 7) is -1.30. The number of H-pyrrole nitrogens is 1. The van der Waals surface area contributed by atoms with E-state index in [1.807, 2.05) is 0 Å². The Hall–Kier alpha value is -2.21. The fraction of sp³-hybridized carbons (Fsp3) is 0.545. The molecule has 0 radical (unpaired) electrons. The average Bonchev–Trinajstić information content (AvgIpc) is 3.28. The number of imidazole rings is 1. The topological polar surface area (TPSA) is 317 Å². The van der Waals surface area contributed by atoms with E-state index in [9.17, 15) is 28.3 Å². The highest BCUT2D eigenvalue weighted by Gasteiger charge is 2.43. The second kappa shape index (κ2) is 10.4. The van der Waals surface area contributed by atoms with Gasteiger partial charge in [0.15, 0.2) is 11.2 Å². The zero-order valence-electron chi connectivity index (χ0n) is 17.0. The highest BCUT2D eigenvalue weighted by molar-refractivity contribution is 7.66. The van der Waals surface area contributed by atoms with Crippen molar-refractivity contribution in [3.8, 4) is 0 Å². The zero-order chi connectivity index (χ0) is 26.0. The number of hydrogen-bond donors (Lipinski definition) is 6. The standard InChI is InChI=1S/C11H17N8O13P3/c12-11-16-9-8(10(20)17-11)14-3-19(9)7-1-5(28-4-15-18-13)6(30-7)2-29-34(24,25)32-35(26,27)31-33(21,22)23/h3,5-7H,1-2,4H2,(H,24,25)(H,26,27)(H2,21,22,23)(H3,12,16,17,20). The number of phosphoric acid groups is 3. The molecule has 1 fully saturated rings. The first kappa shape index (κ1) is 27.4. The Bertz CT molecular complexity index is 1330. The van der Waals surface area contributed by atoms with Crippen molar-refractivity contribution in [3.63, 3.8) is 0 Å². The van der Waals surface area contributed by atoms with Gasteiger partial charge in [0.1, 0.15) is 19.1 Å². The largest absolute Gasteiger partial charge is 0.490 e. The molecule has 0 saturated carbocycles. The maximum Gasteiger partial charge on any atom is 0.490 e. The normalized spacial score (nSPS) is 24.1. The van der Waals surface area contributed by atoms with Crippen LogP contribution in [0.2, 0.25) is 0 Å². The lowest BCUT2D eigenvalue weighted by atomic mass is 10.2. The first-order chi connectivity index (χ1) is 16.2. The molecule has 2 aromatic heterocycles. The van der Waals surface area contributed by atoms with Gasteiger partial charge in [-0.25, -0.2) is 18.7 Å². The minimum atomic E-state index is -5.72. The molecular formula is C11H17N8O13P3. The molecule has 1 saturated heterocycles. The van der Waals surface area contributed by atoms with Gasteiger partial charge in [-0.1, -0.05) is 5.11 Å². The fourth-order valence-corrected chi connectivity index (χ4v) is 6.01. The molecule has 3 rings (SSSR count). The van der Waals surface area contributed by atoms with Gasteiger partial charge in [-0.05, 0) is 5.53 Å². The molecule has 1 aliphatic heterocycles. The van der Waals surface area contributed by atoms with Gasteiger partial charge >= 0.3 is 23.5 Å². The maximum absolute atomic E-state index is 12.0. The van der Waals surface area contributed by atoms with Crippen LogP contribution in [0.15, 0.2) is 16.2 Å². The smallest absolute Gasteiger partial charge is 0.369 e. The van der Waals surface area contributed by atoms with E-state index < -0.39 is 60.8 Å². The summed E-state index contributed by atoms with van der Waals surface area (Å²) in [6, 6.07) is 0. The van der Waals surface area contributed by atoms with E-state index in [0.29, 0.717) is 0 Å². The molecule has 1 aliphatic rings. The van der Waals surface area contributed by atoms with E-state index in [1.54, 1.807) is 0 Å². The third-order valence-electron chi connectivity index (χ3n) is 4.17. The minimum Gasteiger partial charge on any atom is -0.369 e. The van der Waals surface area contributed by atoms with Gasteiger partial charge in [0.2, 0.25) is 5.95 Å². The summed E-state index contributed by atoms with van der Waals surface area (Å²) in [4.78, 5) is 60.7. The number of ether oxygens (including phenoxy) is 2. The van der Waals surface area contributed by atoms with Crippen LogP contribution < -0.4 is 11.3 Å². The third kappa shape index (κ3) is 7.39. The highest BCUT2D eigenvalue weighted by Crippen LogP contribution is 2.66. The predicted molar refractivity (Wildman–Crippen MR) is 110 cm³/mol. The monoisotopic (exact) mass is 562 g/mol. The maximum atomic E-state index is 12.0. The molecule has 0 spiro atoms. The summed E-state index contributed by atoms with van der Waals surface area (Å²) in [6.07, 6.45) is -1.90. The fourth-order valence-electron chi connectivity index (χ4n) is 2.98. The second-order valence-electron chi connectivity index (χ2n) is 6.59. The number of aromatic nitrogens is 4. The number of nitrogens with one attached hydrogen (secondary N) is 1. The Morgan fingerprint density at radius 1 is 1.29 bits per heavy atom. The van der Waals surface area contributed by atoms with Crippen molar-refractivity contribution in [1.82, 2.24) is 19.5 Å². The first-order valence-corrected chi connectivity index (χ1v) is 13.5. The molecule has 5 atom stereocenters. The molecule has 3 heterocycles. The predicted octanol–water partition coefficient (Wildman–Crippen LogP) is -0.0144. The summed E-state index contributed by atoms with van der Waals surface area (Å²) < 4.78 is 58.4. The molecule has 0 amide bonds. The van der Waals surface area contributed by atoms with Crippen LogP contribution in [0.1, 0.15) is 12.6 Å². The quantitative estimate of drug-likeness (QED) is 0.0907. The van der Waals surface area contributed by atoms with Gasteiger partial charge in [-0.3, -0.25) is 18.9 Å². The van der Waals surface area contributed by atoms with Crippen molar-refractivity contribution in [1.29, 1.82) is 0 Å². The number of aromatic amines is 1. The summed E-state index contributed by atoms with van der Waals surface area (Å²) >= 11 is 0. The van der Waals surface area contributed by atoms with Crippen LogP contribution in [0.5, 0.6) is 0 Å². The number of nitrogen functional groups attached to an aromatic ring is 1. The Labute approximate surface area is 192 Å². The molecular weight excluding hydrogens is 545 g/mol. The van der Waals surface area contributed by atoms with Crippen molar-refractivity contribution in [2.45, 2.75) is 24.9 Å². The number of azide groups is 1. The first-order valence-electron chi connectivity index (χ1n) is 8.98. The third-order valence-corrected chi connectivity index (χ3v) is 7.97. The Balaban J connectivity index is 1.76. The number of phosphoric ester groups is 1. The number of nitrogens with zero attached hydrogens (tertiary/aromatic N) is 6. The lowest BCUT2D eigenvalue weighted by Gasteiger charge is -2.20. The van der Waals surface area contributed by atoms with Crippen LogP contribution in [-0.2, 0) is 36.3 Å². The molecule has 0 bridgehead atoms. The van der Waals surface area contributed by atoms with Gasteiger partial charge < -0.3 is 34.8 Å². The molecule has 7 N–H and O–H groups in total. The number of nitrogens with two attached hydrogens (primary N) is 1. The van der Waals surface area contributed by atoms with Crippen LogP contribution in [0.25, 0.3) is 21.6 Å². The molecule has 0 aliphatic carbocycles. The second-order valence-corrected chi connectivity index (χ2v) is 11.0. The summed E-state index contributed by atoms with van der Waals surface area (Å²) in [5.74, 6) is -0.206. The summed E-state index contributed by atoms with van der Waals surface area (Å²) in [5.41, 5.74) is 13.3. The van der Waals surface area contributed by atoms with E-state index >= 15 is 0 Å². The molecule has 5 unspecified atom stereocenters. The highest BCUT2D eigenvalue weighted by atomic mass is 31.3. The Morgan fingerprint density at radius 3 is 2.66 bits per heavy atom. The molecule has 2 aromatic rings. The van der Waals surface area contributed by atoms with Gasteiger partial charge in [0.25, 0.3) is 5.56 Å². The van der Waals surface area contributed by atoms with E-state index in [1.165, 1.54) is 10.9 Å². The zero-order valence-corrected chi connectivity index (χ0v) is 19.7. The van der Waals surface area contributed by atoms with Crippen LogP contribution in [0.3, 0.4) is 0 Å². The number of fused-ring (bicyclic) bond motifs is 1. The SMILES string of the molecule is [N-]=[N+]=NCOC1CC(n2cnc3c(=O)[nH]c(N)nc32)OC1COP(=O)(O)OP(=O)(O)OP(=O)(O)O. The van der Waals surface area contributed by atoms with Crippen LogP contribution in [0.4, 0.5) is 5.95 Å². The number of anilines is 1. The van der Waals surface area contributed by atoms with Crippen molar-refractivity contribution in [2.75, 3.05) is 19.1 Å². The lowest BCUT2D eigenvalue weighted by molar-refractivity contribution is -0.0583. The molecule has 0 aromatic carbocycles. The van der Waals surface area contributed by atoms with Crippen molar-refractivity contribution in [2.24, 2.45) is 5.11 Å². The average molecular weight is 562 g/mol. The molecule has 35 heavy (non-hydrogen) atoms. The van der Waals surface area contributed by atoms with Crippen molar-refractivity contribution >= 4 is 40.6 Å². The Morgan fingerprint density at radius 2 is 2.00 bits per heavy atom. The molecule has 24 heteroatoms. The molecule has 21 nitrogen and oxygen atoms in total. The van der Waals surface area contributed by atoms with Crippen molar-refractivity contribution < 1.29 is 55.9 Å². The van der Waals surface area contributed by atoms with Gasteiger partial charge in [-0.15, -0.1) is 0 Å². The summed E-state index contributed by atoms with van der Waals surface area (Å²) in [5, 5.41) is 3.20. The minimum absolute atomic E-state index is 0.00871. The van der Waals surface area contributed by atoms with E-state index in [2.05, 4.69) is 38.1 Å². The van der Waals surface area contributed by atoms with E-state index in [4.69, 9.17) is 30.5 Å². The van der Waals surface area contributed by atoms with Gasteiger partial charge in [0, 0.05) is 11.3 Å². The van der Waals surface area contributed by atoms with Crippen LogP contribution >= 0.6 is 23.5 Å². The summed E-state index contributed by atoms with van der Waals surface area (Å²) in [7, 11) is -16.7. The Kier molecular flexibility index (Phi) is 8.15. The van der Waals surface area contributed by atoms with E-state index in [-0.39, 0.29) is 23.5 Å².